The van der Waals surface area contributed by atoms with E-state index in [0.29, 0.717) is 35.9 Å². The van der Waals surface area contributed by atoms with Crippen molar-refractivity contribution in [2.45, 2.75) is 17.7 Å². The van der Waals surface area contributed by atoms with Gasteiger partial charge in [0.1, 0.15) is 0 Å². The Hall–Kier alpha value is -3.28. The molecule has 2 aromatic rings. The van der Waals surface area contributed by atoms with E-state index in [1.807, 2.05) is 0 Å². The molecule has 1 heterocycles. The minimum absolute atomic E-state index is 0.0226. The van der Waals surface area contributed by atoms with Gasteiger partial charge in [0.15, 0.2) is 18.1 Å². The number of carbonyl (C=O) groups excluding carboxylic acids is 2. The molecular weight excluding hydrogens is 512 g/mol. The number of carbonyl (C=O) groups is 2. The summed E-state index contributed by atoms with van der Waals surface area (Å²) in [6.07, 6.45) is 4.21. The first-order valence-electron chi connectivity index (χ1n) is 10.9. The summed E-state index contributed by atoms with van der Waals surface area (Å²) in [5, 5.41) is 2.63. The number of anilines is 1. The molecule has 1 fully saturated rings. The van der Waals surface area contributed by atoms with Gasteiger partial charge in [0.25, 0.3) is 5.91 Å². The molecule has 12 heteroatoms. The second-order valence-electron chi connectivity index (χ2n) is 7.70. The van der Waals surface area contributed by atoms with Crippen molar-refractivity contribution in [3.05, 3.63) is 47.0 Å². The molecule has 0 aliphatic carbocycles. The number of hydrogen-bond acceptors (Lipinski definition) is 8. The second-order valence-corrected chi connectivity index (χ2v) is 10.0. The van der Waals surface area contributed by atoms with Gasteiger partial charge >= 0.3 is 5.97 Å². The molecule has 0 radical (unpaired) electrons. The summed E-state index contributed by atoms with van der Waals surface area (Å²) < 4.78 is 47.7. The fourth-order valence-electron chi connectivity index (χ4n) is 3.57. The first kappa shape index (κ1) is 27.3. The molecule has 3 rings (SSSR count). The number of nitrogens with zero attached hydrogens (tertiary/aromatic N) is 1. The van der Waals surface area contributed by atoms with E-state index in [-0.39, 0.29) is 15.6 Å². The molecule has 1 aliphatic rings. The summed E-state index contributed by atoms with van der Waals surface area (Å²) >= 11 is 6.13. The Morgan fingerprint density at radius 1 is 1.03 bits per heavy atom. The van der Waals surface area contributed by atoms with E-state index in [4.69, 9.17) is 30.5 Å². The molecule has 2 aromatic carbocycles. The molecule has 1 aliphatic heterocycles. The minimum Gasteiger partial charge on any atom is -0.493 e. The number of sulfonamides is 1. The van der Waals surface area contributed by atoms with Crippen LogP contribution in [0.3, 0.4) is 0 Å². The van der Waals surface area contributed by atoms with Gasteiger partial charge in [0, 0.05) is 19.2 Å². The number of halogens is 1. The van der Waals surface area contributed by atoms with Crippen LogP contribution in [-0.4, -0.2) is 65.6 Å². The van der Waals surface area contributed by atoms with Crippen LogP contribution in [0.5, 0.6) is 17.2 Å². The largest absolute Gasteiger partial charge is 0.493 e. The van der Waals surface area contributed by atoms with Crippen LogP contribution in [0.1, 0.15) is 18.4 Å². The summed E-state index contributed by atoms with van der Waals surface area (Å²) in [6, 6.07) is 7.36. The van der Waals surface area contributed by atoms with E-state index in [2.05, 4.69) is 5.32 Å². The van der Waals surface area contributed by atoms with Crippen molar-refractivity contribution in [1.29, 1.82) is 0 Å². The van der Waals surface area contributed by atoms with Gasteiger partial charge in [-0.15, -0.1) is 0 Å². The van der Waals surface area contributed by atoms with Gasteiger partial charge in [-0.05, 0) is 54.8 Å². The molecule has 1 saturated heterocycles. The molecule has 0 unspecified atom stereocenters. The smallest absolute Gasteiger partial charge is 0.331 e. The Kier molecular flexibility index (Phi) is 9.19. The van der Waals surface area contributed by atoms with Gasteiger partial charge in [-0.2, -0.15) is 4.31 Å². The molecule has 0 bridgehead atoms. The average molecular weight is 539 g/mol. The number of hydrogen-bond donors (Lipinski definition) is 1. The lowest BCUT2D eigenvalue weighted by Gasteiger charge is -2.16. The first-order valence-corrected chi connectivity index (χ1v) is 12.8. The van der Waals surface area contributed by atoms with Gasteiger partial charge in [-0.25, -0.2) is 13.2 Å². The lowest BCUT2D eigenvalue weighted by molar-refractivity contribution is -0.142. The third-order valence-electron chi connectivity index (χ3n) is 5.36. The number of ether oxygens (including phenoxy) is 4. The number of esters is 1. The molecule has 10 nitrogen and oxygen atoms in total. The molecule has 0 spiro atoms. The molecular formula is C24H27ClN2O8S. The van der Waals surface area contributed by atoms with Crippen LogP contribution in [0, 0.1) is 0 Å². The maximum atomic E-state index is 12.8. The van der Waals surface area contributed by atoms with Crippen molar-refractivity contribution in [2.75, 3.05) is 46.3 Å². The predicted octanol–water partition coefficient (Wildman–Crippen LogP) is 3.35. The quantitative estimate of drug-likeness (QED) is 0.361. The Morgan fingerprint density at radius 2 is 1.67 bits per heavy atom. The SMILES string of the molecule is COc1cc(/C=C/C(=O)OCC(=O)Nc2cc(S(=O)(=O)N3CCCC3)ccc2Cl)cc(OC)c1OC. The summed E-state index contributed by atoms with van der Waals surface area (Å²) in [6.45, 7) is 0.302. The molecule has 194 valence electrons. The van der Waals surface area contributed by atoms with Crippen LogP contribution in [0.4, 0.5) is 5.69 Å². The Labute approximate surface area is 214 Å². The van der Waals surface area contributed by atoms with E-state index in [1.165, 1.54) is 49.9 Å². The van der Waals surface area contributed by atoms with Crippen LogP contribution in [0.2, 0.25) is 5.02 Å². The lowest BCUT2D eigenvalue weighted by Crippen LogP contribution is -2.28. The molecule has 0 atom stereocenters. The fraction of sp³-hybridized carbons (Fsp3) is 0.333. The number of amides is 1. The highest BCUT2D eigenvalue weighted by atomic mass is 35.5. The minimum atomic E-state index is -3.68. The van der Waals surface area contributed by atoms with Crippen molar-refractivity contribution in [2.24, 2.45) is 0 Å². The van der Waals surface area contributed by atoms with Crippen LogP contribution >= 0.6 is 11.6 Å². The van der Waals surface area contributed by atoms with Gasteiger partial charge in [0.05, 0.1) is 36.9 Å². The van der Waals surface area contributed by atoms with Gasteiger partial charge in [0.2, 0.25) is 15.8 Å². The zero-order valence-electron chi connectivity index (χ0n) is 20.1. The first-order chi connectivity index (χ1) is 17.2. The molecule has 0 saturated carbocycles. The zero-order chi connectivity index (χ0) is 26.3. The predicted molar refractivity (Wildman–Crippen MR) is 134 cm³/mol. The second kappa shape index (κ2) is 12.1. The van der Waals surface area contributed by atoms with Crippen molar-refractivity contribution < 1.29 is 37.0 Å². The summed E-state index contributed by atoms with van der Waals surface area (Å²) in [4.78, 5) is 24.5. The van der Waals surface area contributed by atoms with E-state index >= 15 is 0 Å². The van der Waals surface area contributed by atoms with Crippen molar-refractivity contribution in [3.63, 3.8) is 0 Å². The maximum Gasteiger partial charge on any atom is 0.331 e. The summed E-state index contributed by atoms with van der Waals surface area (Å²) in [7, 11) is 0.743. The topological polar surface area (TPSA) is 120 Å². The van der Waals surface area contributed by atoms with Crippen LogP contribution in [0.15, 0.2) is 41.3 Å². The summed E-state index contributed by atoms with van der Waals surface area (Å²) in [5.74, 6) is -0.213. The monoisotopic (exact) mass is 538 g/mol. The van der Waals surface area contributed by atoms with E-state index in [1.54, 1.807) is 12.1 Å². The van der Waals surface area contributed by atoms with Gasteiger partial charge < -0.3 is 24.3 Å². The van der Waals surface area contributed by atoms with E-state index < -0.39 is 28.5 Å². The Bertz CT molecular complexity index is 1230. The normalized spacial score (nSPS) is 14.0. The highest BCUT2D eigenvalue weighted by Crippen LogP contribution is 2.38. The van der Waals surface area contributed by atoms with Crippen molar-refractivity contribution >= 4 is 45.3 Å². The van der Waals surface area contributed by atoms with E-state index in [9.17, 15) is 18.0 Å². The fourth-order valence-corrected chi connectivity index (χ4v) is 5.28. The van der Waals surface area contributed by atoms with Crippen LogP contribution in [-0.2, 0) is 24.3 Å². The van der Waals surface area contributed by atoms with Gasteiger partial charge in [-0.3, -0.25) is 4.79 Å². The molecule has 0 aromatic heterocycles. The highest BCUT2D eigenvalue weighted by Gasteiger charge is 2.27. The van der Waals surface area contributed by atoms with Crippen molar-refractivity contribution in [1.82, 2.24) is 4.31 Å². The summed E-state index contributed by atoms with van der Waals surface area (Å²) in [5.41, 5.74) is 0.680. The maximum absolute atomic E-state index is 12.8. The number of rotatable bonds is 10. The standard InChI is InChI=1S/C24H27ClN2O8S/c1-32-20-12-16(13-21(33-2)24(20)34-3)6-9-23(29)35-15-22(28)26-19-14-17(7-8-18(19)25)36(30,31)27-10-4-5-11-27/h6-9,12-14H,4-5,10-11,15H2,1-3H3,(H,26,28)/b9-6+. The van der Waals surface area contributed by atoms with Crippen LogP contribution < -0.4 is 19.5 Å². The van der Waals surface area contributed by atoms with Crippen LogP contribution in [0.25, 0.3) is 6.08 Å². The lowest BCUT2D eigenvalue weighted by atomic mass is 10.1. The zero-order valence-corrected chi connectivity index (χ0v) is 21.6. The van der Waals surface area contributed by atoms with Crippen molar-refractivity contribution in [3.8, 4) is 17.2 Å². The third kappa shape index (κ3) is 6.48. The highest BCUT2D eigenvalue weighted by molar-refractivity contribution is 7.89. The third-order valence-corrected chi connectivity index (χ3v) is 7.58. The Balaban J connectivity index is 1.62. The molecule has 1 N–H and O–H groups in total. The van der Waals surface area contributed by atoms with E-state index in [0.717, 1.165) is 18.9 Å². The number of methoxy groups -OCH3 is 3. The molecule has 36 heavy (non-hydrogen) atoms. The average Bonchev–Trinajstić information content (AvgIpc) is 3.42. The number of nitrogens with one attached hydrogen (secondary N) is 1. The number of benzene rings is 2. The Morgan fingerprint density at radius 3 is 2.25 bits per heavy atom. The van der Waals surface area contributed by atoms with Gasteiger partial charge in [-0.1, -0.05) is 11.6 Å². The molecule has 1 amide bonds.